The molecule has 0 saturated carbocycles. The summed E-state index contributed by atoms with van der Waals surface area (Å²) in [4.78, 5) is 14.4. The van der Waals surface area contributed by atoms with E-state index in [2.05, 4.69) is 0 Å². The maximum atomic E-state index is 12.5. The lowest BCUT2D eigenvalue weighted by Crippen LogP contribution is -2.47. The molecule has 1 aromatic carbocycles. The van der Waals surface area contributed by atoms with Crippen LogP contribution in [0.5, 0.6) is 5.75 Å². The predicted octanol–water partition coefficient (Wildman–Crippen LogP) is 2.03. The first-order valence-corrected chi connectivity index (χ1v) is 8.21. The summed E-state index contributed by atoms with van der Waals surface area (Å²) in [6, 6.07) is 7.69. The number of nitrogens with zero attached hydrogens (tertiary/aromatic N) is 1. The molecular formula is C18H25NO4. The van der Waals surface area contributed by atoms with Gasteiger partial charge < -0.3 is 19.1 Å². The Labute approximate surface area is 137 Å². The van der Waals surface area contributed by atoms with Crippen molar-refractivity contribution >= 4 is 5.91 Å². The van der Waals surface area contributed by atoms with Crippen LogP contribution in [-0.2, 0) is 20.7 Å². The third-order valence-corrected chi connectivity index (χ3v) is 5.05. The van der Waals surface area contributed by atoms with Crippen LogP contribution < -0.4 is 4.74 Å². The second-order valence-corrected chi connectivity index (χ2v) is 6.46. The van der Waals surface area contributed by atoms with Crippen LogP contribution in [0, 0.1) is 0 Å². The summed E-state index contributed by atoms with van der Waals surface area (Å²) in [6.07, 6.45) is 3.40. The SMILES string of the molecule is COc1ccc(CC(=O)N2CCC3(CC2)CC(OC)CO3)cc1. The summed E-state index contributed by atoms with van der Waals surface area (Å²) < 4.78 is 16.5. The first kappa shape index (κ1) is 16.3. The summed E-state index contributed by atoms with van der Waals surface area (Å²) in [5.41, 5.74) is 0.949. The summed E-state index contributed by atoms with van der Waals surface area (Å²) >= 11 is 0. The van der Waals surface area contributed by atoms with Crippen molar-refractivity contribution in [3.63, 3.8) is 0 Å². The number of benzene rings is 1. The molecule has 2 aliphatic heterocycles. The van der Waals surface area contributed by atoms with Crippen LogP contribution in [0.15, 0.2) is 24.3 Å². The van der Waals surface area contributed by atoms with Crippen LogP contribution in [0.3, 0.4) is 0 Å². The number of likely N-dealkylation sites (tertiary alicyclic amines) is 1. The van der Waals surface area contributed by atoms with E-state index in [1.54, 1.807) is 14.2 Å². The fourth-order valence-corrected chi connectivity index (χ4v) is 3.50. The molecule has 0 aromatic heterocycles. The zero-order valence-corrected chi connectivity index (χ0v) is 13.9. The lowest BCUT2D eigenvalue weighted by Gasteiger charge is -2.38. The molecule has 2 saturated heterocycles. The Balaban J connectivity index is 1.52. The number of ether oxygens (including phenoxy) is 3. The zero-order chi connectivity index (χ0) is 16.3. The average Bonchev–Trinajstić information content (AvgIpc) is 2.99. The molecule has 1 unspecified atom stereocenters. The van der Waals surface area contributed by atoms with Gasteiger partial charge in [0.2, 0.25) is 5.91 Å². The maximum Gasteiger partial charge on any atom is 0.226 e. The normalized spacial score (nSPS) is 23.2. The molecule has 0 radical (unpaired) electrons. The van der Waals surface area contributed by atoms with Crippen LogP contribution >= 0.6 is 0 Å². The van der Waals surface area contributed by atoms with Gasteiger partial charge in [0.15, 0.2) is 0 Å². The Hall–Kier alpha value is -1.59. The standard InChI is InChI=1S/C18H25NO4/c1-21-15-5-3-14(4-6-15)11-17(20)19-9-7-18(8-10-19)12-16(22-2)13-23-18/h3-6,16H,7-13H2,1-2H3. The fourth-order valence-electron chi connectivity index (χ4n) is 3.50. The minimum Gasteiger partial charge on any atom is -0.497 e. The van der Waals surface area contributed by atoms with Gasteiger partial charge in [-0.05, 0) is 30.5 Å². The molecule has 2 aliphatic rings. The van der Waals surface area contributed by atoms with Crippen molar-refractivity contribution in [2.75, 3.05) is 33.9 Å². The minimum absolute atomic E-state index is 0.0719. The maximum absolute atomic E-state index is 12.5. The molecular weight excluding hydrogens is 294 g/mol. The van der Waals surface area contributed by atoms with E-state index >= 15 is 0 Å². The zero-order valence-electron chi connectivity index (χ0n) is 13.9. The highest BCUT2D eigenvalue weighted by molar-refractivity contribution is 5.79. The molecule has 5 heteroatoms. The summed E-state index contributed by atoms with van der Waals surface area (Å²) in [7, 11) is 3.38. The van der Waals surface area contributed by atoms with Gasteiger partial charge in [-0.25, -0.2) is 0 Å². The smallest absolute Gasteiger partial charge is 0.226 e. The highest BCUT2D eigenvalue weighted by Gasteiger charge is 2.43. The molecule has 126 valence electrons. The molecule has 23 heavy (non-hydrogen) atoms. The van der Waals surface area contributed by atoms with E-state index in [0.717, 1.165) is 43.7 Å². The van der Waals surface area contributed by atoms with Crippen molar-refractivity contribution in [2.24, 2.45) is 0 Å². The summed E-state index contributed by atoms with van der Waals surface area (Å²) in [5.74, 6) is 0.999. The number of amides is 1. The Morgan fingerprint density at radius 3 is 2.52 bits per heavy atom. The highest BCUT2D eigenvalue weighted by atomic mass is 16.6. The number of piperidine rings is 1. The van der Waals surface area contributed by atoms with Crippen molar-refractivity contribution in [1.82, 2.24) is 4.90 Å². The molecule has 0 bridgehead atoms. The lowest BCUT2D eigenvalue weighted by molar-refractivity contribution is -0.135. The fraction of sp³-hybridized carbons (Fsp3) is 0.611. The Bertz CT molecular complexity index is 534. The molecule has 2 heterocycles. The third-order valence-electron chi connectivity index (χ3n) is 5.05. The molecule has 1 aromatic rings. The van der Waals surface area contributed by atoms with Gasteiger partial charge in [-0.3, -0.25) is 4.79 Å². The van der Waals surface area contributed by atoms with Gasteiger partial charge in [0, 0.05) is 26.6 Å². The monoisotopic (exact) mass is 319 g/mol. The second kappa shape index (κ2) is 6.89. The molecule has 1 atom stereocenters. The number of hydrogen-bond acceptors (Lipinski definition) is 4. The number of carbonyl (C=O) groups excluding carboxylic acids is 1. The van der Waals surface area contributed by atoms with Gasteiger partial charge in [-0.1, -0.05) is 12.1 Å². The van der Waals surface area contributed by atoms with Crippen LogP contribution in [0.2, 0.25) is 0 Å². The third kappa shape index (κ3) is 3.67. The Morgan fingerprint density at radius 1 is 1.26 bits per heavy atom. The van der Waals surface area contributed by atoms with Gasteiger partial charge in [-0.15, -0.1) is 0 Å². The highest BCUT2D eigenvalue weighted by Crippen LogP contribution is 2.36. The van der Waals surface area contributed by atoms with Crippen LogP contribution in [0.1, 0.15) is 24.8 Å². The molecule has 3 rings (SSSR count). The number of carbonyl (C=O) groups is 1. The Morgan fingerprint density at radius 2 is 1.96 bits per heavy atom. The van der Waals surface area contributed by atoms with Crippen molar-refractivity contribution in [2.45, 2.75) is 37.4 Å². The predicted molar refractivity (Wildman–Crippen MR) is 86.6 cm³/mol. The number of hydrogen-bond donors (Lipinski definition) is 0. The van der Waals surface area contributed by atoms with Crippen molar-refractivity contribution < 1.29 is 19.0 Å². The quantitative estimate of drug-likeness (QED) is 0.852. The van der Waals surface area contributed by atoms with Crippen LogP contribution in [0.4, 0.5) is 0 Å². The van der Waals surface area contributed by atoms with Crippen LogP contribution in [-0.4, -0.2) is 56.4 Å². The summed E-state index contributed by atoms with van der Waals surface area (Å²) in [5, 5.41) is 0. The van der Waals surface area contributed by atoms with Crippen molar-refractivity contribution in [1.29, 1.82) is 0 Å². The van der Waals surface area contributed by atoms with Gasteiger partial charge >= 0.3 is 0 Å². The van der Waals surface area contributed by atoms with E-state index in [1.165, 1.54) is 0 Å². The topological polar surface area (TPSA) is 48.0 Å². The second-order valence-electron chi connectivity index (χ2n) is 6.46. The van der Waals surface area contributed by atoms with E-state index in [4.69, 9.17) is 14.2 Å². The van der Waals surface area contributed by atoms with E-state index < -0.39 is 0 Å². The van der Waals surface area contributed by atoms with Crippen molar-refractivity contribution in [3.8, 4) is 5.75 Å². The van der Waals surface area contributed by atoms with E-state index in [1.807, 2.05) is 29.2 Å². The lowest BCUT2D eigenvalue weighted by atomic mass is 9.88. The van der Waals surface area contributed by atoms with E-state index in [-0.39, 0.29) is 17.6 Å². The first-order valence-electron chi connectivity index (χ1n) is 8.21. The number of rotatable bonds is 4. The molecule has 0 aliphatic carbocycles. The molecule has 2 fully saturated rings. The van der Waals surface area contributed by atoms with Crippen LogP contribution in [0.25, 0.3) is 0 Å². The summed E-state index contributed by atoms with van der Waals surface area (Å²) in [6.45, 7) is 2.22. The van der Waals surface area contributed by atoms with Crippen molar-refractivity contribution in [3.05, 3.63) is 29.8 Å². The largest absolute Gasteiger partial charge is 0.497 e. The molecule has 0 N–H and O–H groups in total. The number of methoxy groups -OCH3 is 2. The first-order chi connectivity index (χ1) is 11.1. The van der Waals surface area contributed by atoms with Gasteiger partial charge in [0.25, 0.3) is 0 Å². The van der Waals surface area contributed by atoms with Gasteiger partial charge in [0.1, 0.15) is 5.75 Å². The van der Waals surface area contributed by atoms with E-state index in [0.29, 0.717) is 13.0 Å². The Kier molecular flexibility index (Phi) is 4.87. The van der Waals surface area contributed by atoms with Gasteiger partial charge in [0.05, 0.1) is 31.8 Å². The van der Waals surface area contributed by atoms with E-state index in [9.17, 15) is 4.79 Å². The molecule has 5 nitrogen and oxygen atoms in total. The van der Waals surface area contributed by atoms with Gasteiger partial charge in [-0.2, -0.15) is 0 Å². The average molecular weight is 319 g/mol. The minimum atomic E-state index is -0.0719. The molecule has 1 spiro atoms. The molecule has 1 amide bonds.